The fraction of sp³-hybridized carbons (Fsp3) is 0.333. The van der Waals surface area contributed by atoms with Crippen molar-refractivity contribution < 1.29 is 4.39 Å². The average Bonchev–Trinajstić information content (AvgIpc) is 1.79. The van der Waals surface area contributed by atoms with Gasteiger partial charge in [-0.2, -0.15) is 0 Å². The molecule has 0 amide bonds. The molecule has 0 aliphatic carbocycles. The highest BCUT2D eigenvalue weighted by Crippen LogP contribution is 2.25. The highest BCUT2D eigenvalue weighted by atomic mass is 35.5. The summed E-state index contributed by atoms with van der Waals surface area (Å²) in [5.41, 5.74) is 0.950. The molecule has 72 valence electrons. The van der Waals surface area contributed by atoms with Gasteiger partial charge in [0.25, 0.3) is 0 Å². The van der Waals surface area contributed by atoms with Crippen molar-refractivity contribution in [3.05, 3.63) is 34.6 Å². The van der Waals surface area contributed by atoms with E-state index in [1.165, 1.54) is 12.1 Å². The van der Waals surface area contributed by atoms with Crippen LogP contribution >= 0.6 is 24.0 Å². The van der Waals surface area contributed by atoms with Crippen molar-refractivity contribution in [1.29, 1.82) is 0 Å². The Bertz CT molecular complexity index is 279. The van der Waals surface area contributed by atoms with Crippen molar-refractivity contribution in [3.63, 3.8) is 0 Å². The van der Waals surface area contributed by atoms with Gasteiger partial charge in [-0.25, -0.2) is 4.39 Å². The maximum Gasteiger partial charge on any atom is 0.125 e. The molecule has 0 radical (unpaired) electrons. The van der Waals surface area contributed by atoms with E-state index in [2.05, 4.69) is 5.32 Å². The topological polar surface area (TPSA) is 12.0 Å². The van der Waals surface area contributed by atoms with Crippen LogP contribution in [-0.4, -0.2) is 6.54 Å². The Hall–Kier alpha value is -0.310. The van der Waals surface area contributed by atoms with E-state index >= 15 is 0 Å². The van der Waals surface area contributed by atoms with Gasteiger partial charge in [0.2, 0.25) is 0 Å². The molecule has 13 heavy (non-hydrogen) atoms. The zero-order valence-corrected chi connectivity index (χ0v) is 8.46. The molecule has 0 saturated carbocycles. The largest absolute Gasteiger partial charge is 0.310 e. The first-order valence-electron chi connectivity index (χ1n) is 3.95. The van der Waals surface area contributed by atoms with Gasteiger partial charge < -0.3 is 5.32 Å². The minimum atomic E-state index is -0.258. The Kier molecular flexibility index (Phi) is 3.54. The second kappa shape index (κ2) is 4.27. The molecule has 1 aromatic rings. The predicted molar refractivity (Wildman–Crippen MR) is 54.0 cm³/mol. The molecule has 0 spiro atoms. The molecule has 1 aromatic carbocycles. The number of halogens is 3. The number of hydrogen-bond donors (Lipinski definition) is 1. The maximum absolute atomic E-state index is 12.8. The average molecular weight is 222 g/mol. The Morgan fingerprint density at radius 1 is 1.38 bits per heavy atom. The lowest BCUT2D eigenvalue weighted by Crippen LogP contribution is -2.34. The monoisotopic (exact) mass is 221 g/mol. The molecule has 1 atom stereocenters. The summed E-state index contributed by atoms with van der Waals surface area (Å²) in [5, 5.41) is 3.66. The van der Waals surface area contributed by atoms with Crippen molar-refractivity contribution in [1.82, 2.24) is 5.32 Å². The lowest BCUT2D eigenvalue weighted by atomic mass is 9.98. The van der Waals surface area contributed by atoms with Crippen LogP contribution in [-0.2, 0) is 0 Å². The lowest BCUT2D eigenvalue weighted by Gasteiger charge is -2.28. The summed E-state index contributed by atoms with van der Waals surface area (Å²) in [6, 6.07) is 4.96. The van der Waals surface area contributed by atoms with E-state index in [1.54, 1.807) is 0 Å². The summed E-state index contributed by atoms with van der Waals surface area (Å²) in [5.74, 6) is -0.258. The minimum absolute atomic E-state index is 0. The fourth-order valence-corrected chi connectivity index (χ4v) is 1.58. The number of nitrogens with one attached hydrogen (secondary N) is 1. The van der Waals surface area contributed by atoms with E-state index in [0.717, 1.165) is 18.5 Å². The molecular weight excluding hydrogens is 212 g/mol. The quantitative estimate of drug-likeness (QED) is 0.770. The van der Waals surface area contributed by atoms with E-state index < -0.39 is 0 Å². The molecule has 1 aliphatic rings. The smallest absolute Gasteiger partial charge is 0.125 e. The van der Waals surface area contributed by atoms with Crippen LogP contribution in [0, 0.1) is 5.82 Å². The molecule has 0 unspecified atom stereocenters. The second-order valence-corrected chi connectivity index (χ2v) is 3.43. The molecule has 1 N–H and O–H groups in total. The molecule has 1 heterocycles. The Morgan fingerprint density at radius 3 is 2.54 bits per heavy atom. The Morgan fingerprint density at radius 2 is 2.08 bits per heavy atom. The third kappa shape index (κ3) is 2.33. The van der Waals surface area contributed by atoms with E-state index in [4.69, 9.17) is 11.6 Å². The van der Waals surface area contributed by atoms with Crippen molar-refractivity contribution >= 4 is 24.0 Å². The van der Waals surface area contributed by atoms with Gasteiger partial charge >= 0.3 is 0 Å². The van der Waals surface area contributed by atoms with Crippen molar-refractivity contribution in [2.45, 2.75) is 12.5 Å². The van der Waals surface area contributed by atoms with Crippen LogP contribution in [0.25, 0.3) is 0 Å². The third-order valence-corrected chi connectivity index (χ3v) is 2.33. The summed E-state index contributed by atoms with van der Waals surface area (Å²) in [6.07, 6.45) is 1.07. The van der Waals surface area contributed by atoms with Gasteiger partial charge in [0.05, 0.1) is 0 Å². The van der Waals surface area contributed by atoms with E-state index in [9.17, 15) is 4.39 Å². The number of benzene rings is 1. The van der Waals surface area contributed by atoms with Gasteiger partial charge in [-0.05, 0) is 36.7 Å². The van der Waals surface area contributed by atoms with Crippen molar-refractivity contribution in [2.75, 3.05) is 6.54 Å². The van der Waals surface area contributed by atoms with Crippen LogP contribution in [0.2, 0.25) is 5.02 Å². The first-order chi connectivity index (χ1) is 5.75. The number of hydrogen-bond acceptors (Lipinski definition) is 1. The molecule has 0 aromatic heterocycles. The van der Waals surface area contributed by atoms with Crippen LogP contribution in [0.4, 0.5) is 4.39 Å². The van der Waals surface area contributed by atoms with Gasteiger partial charge in [-0.3, -0.25) is 0 Å². The summed E-state index contributed by atoms with van der Waals surface area (Å²) < 4.78 is 12.8. The molecule has 0 bridgehead atoms. The molecule has 4 heteroatoms. The van der Waals surface area contributed by atoms with Gasteiger partial charge in [0.15, 0.2) is 0 Å². The summed E-state index contributed by atoms with van der Waals surface area (Å²) >= 11 is 5.71. The molecule has 1 nitrogen and oxygen atoms in total. The van der Waals surface area contributed by atoms with E-state index in [-0.39, 0.29) is 18.2 Å². The second-order valence-electron chi connectivity index (χ2n) is 3.00. The summed E-state index contributed by atoms with van der Waals surface area (Å²) in [6.45, 7) is 1.01. The van der Waals surface area contributed by atoms with Crippen molar-refractivity contribution in [3.8, 4) is 0 Å². The normalized spacial score (nSPS) is 20.3. The molecule has 1 aliphatic heterocycles. The first kappa shape index (κ1) is 10.8. The zero-order valence-electron chi connectivity index (χ0n) is 6.89. The van der Waals surface area contributed by atoms with Crippen molar-refractivity contribution in [2.24, 2.45) is 0 Å². The van der Waals surface area contributed by atoms with Gasteiger partial charge in [0.1, 0.15) is 5.82 Å². The van der Waals surface area contributed by atoms with Crippen LogP contribution in [0.5, 0.6) is 0 Å². The van der Waals surface area contributed by atoms with Crippen LogP contribution < -0.4 is 5.32 Å². The summed E-state index contributed by atoms with van der Waals surface area (Å²) in [7, 11) is 0. The van der Waals surface area contributed by atoms with Crippen LogP contribution in [0.15, 0.2) is 18.2 Å². The van der Waals surface area contributed by atoms with Gasteiger partial charge in [-0.1, -0.05) is 11.6 Å². The highest BCUT2D eigenvalue weighted by Gasteiger charge is 2.18. The highest BCUT2D eigenvalue weighted by molar-refractivity contribution is 6.30. The SMILES string of the molecule is Cl.Fc1cc(Cl)cc([C@@H]2CCN2)c1. The maximum atomic E-state index is 12.8. The molecule has 1 fully saturated rings. The molecular formula is C9H10Cl2FN. The van der Waals surface area contributed by atoms with Crippen LogP contribution in [0.1, 0.15) is 18.0 Å². The summed E-state index contributed by atoms with van der Waals surface area (Å²) in [4.78, 5) is 0. The Balaban J connectivity index is 0.000000845. The standard InChI is InChI=1S/C9H9ClFN.ClH/c10-7-3-6(4-8(11)5-7)9-1-2-12-9;/h3-5,9,12H,1-2H2;1H/t9-;/m0./s1. The zero-order chi connectivity index (χ0) is 8.55. The molecule has 1 saturated heterocycles. The fourth-order valence-electron chi connectivity index (χ4n) is 1.35. The lowest BCUT2D eigenvalue weighted by molar-refractivity contribution is 0.382. The first-order valence-corrected chi connectivity index (χ1v) is 4.33. The van der Waals surface area contributed by atoms with E-state index in [1.807, 2.05) is 6.07 Å². The third-order valence-electron chi connectivity index (χ3n) is 2.11. The van der Waals surface area contributed by atoms with E-state index in [0.29, 0.717) is 11.1 Å². The predicted octanol–water partition coefficient (Wildman–Crippen LogP) is 2.94. The van der Waals surface area contributed by atoms with Crippen LogP contribution in [0.3, 0.4) is 0 Å². The minimum Gasteiger partial charge on any atom is -0.310 e. The molecule has 2 rings (SSSR count). The Labute approximate surface area is 87.7 Å². The number of rotatable bonds is 1. The van der Waals surface area contributed by atoms with Gasteiger partial charge in [-0.15, -0.1) is 12.4 Å². The van der Waals surface area contributed by atoms with Gasteiger partial charge in [0, 0.05) is 11.1 Å².